The number of ether oxygens (including phenoxy) is 1. The fourth-order valence-electron chi connectivity index (χ4n) is 1.57. The highest BCUT2D eigenvalue weighted by atomic mass is 19.3. The Hall–Kier alpha value is -2.44. The molecule has 0 aliphatic carbocycles. The van der Waals surface area contributed by atoms with Crippen LogP contribution in [0.5, 0.6) is 5.75 Å². The number of carbonyl (C=O) groups is 1. The third kappa shape index (κ3) is 2.87. The molecule has 0 spiro atoms. The molecule has 0 aliphatic heterocycles. The van der Waals surface area contributed by atoms with Crippen LogP contribution in [0.15, 0.2) is 36.7 Å². The summed E-state index contributed by atoms with van der Waals surface area (Å²) in [4.78, 5) is 14.9. The number of amides is 1. The van der Waals surface area contributed by atoms with Crippen molar-refractivity contribution in [3.63, 3.8) is 0 Å². The number of benzene rings is 1. The first-order chi connectivity index (χ1) is 9.09. The lowest BCUT2D eigenvalue weighted by Crippen LogP contribution is -2.14. The molecule has 1 aromatic carbocycles. The van der Waals surface area contributed by atoms with E-state index in [4.69, 9.17) is 10.5 Å². The molecule has 7 heteroatoms. The summed E-state index contributed by atoms with van der Waals surface area (Å²) in [5, 5.41) is 0. The first kappa shape index (κ1) is 13.0. The minimum absolute atomic E-state index is 0.0641. The number of imidazole rings is 1. The molecule has 2 rings (SSSR count). The van der Waals surface area contributed by atoms with Crippen LogP contribution < -0.4 is 10.5 Å². The molecule has 0 atom stereocenters. The summed E-state index contributed by atoms with van der Waals surface area (Å²) < 4.78 is 31.2. The summed E-state index contributed by atoms with van der Waals surface area (Å²) in [7, 11) is 0. The zero-order valence-electron chi connectivity index (χ0n) is 9.79. The van der Waals surface area contributed by atoms with Gasteiger partial charge >= 0.3 is 6.55 Å². The van der Waals surface area contributed by atoms with E-state index >= 15 is 0 Å². The van der Waals surface area contributed by atoms with Crippen molar-refractivity contribution >= 4 is 5.91 Å². The average Bonchev–Trinajstić information content (AvgIpc) is 2.85. The van der Waals surface area contributed by atoms with Crippen molar-refractivity contribution in [3.05, 3.63) is 48.0 Å². The van der Waals surface area contributed by atoms with Crippen molar-refractivity contribution in [3.8, 4) is 5.75 Å². The predicted octanol–water partition coefficient (Wildman–Crippen LogP) is 1.96. The quantitative estimate of drug-likeness (QED) is 0.900. The van der Waals surface area contributed by atoms with Gasteiger partial charge in [0.15, 0.2) is 5.82 Å². The molecule has 2 aromatic rings. The van der Waals surface area contributed by atoms with Crippen LogP contribution in [0.4, 0.5) is 8.78 Å². The highest BCUT2D eigenvalue weighted by Gasteiger charge is 2.13. The van der Waals surface area contributed by atoms with Gasteiger partial charge in [0, 0.05) is 12.4 Å². The van der Waals surface area contributed by atoms with Crippen LogP contribution in [0.1, 0.15) is 22.7 Å². The monoisotopic (exact) mass is 267 g/mol. The Morgan fingerprint density at radius 2 is 2.16 bits per heavy atom. The van der Waals surface area contributed by atoms with E-state index in [1.807, 2.05) is 0 Å². The standard InChI is InChI=1S/C12H11F2N3O2/c13-12(14)17-6-5-16-10(17)7-19-9-4-2-1-3-8(9)11(15)18/h1-6,12H,7H2,(H2,15,18). The van der Waals surface area contributed by atoms with E-state index in [1.54, 1.807) is 12.1 Å². The third-order valence-corrected chi connectivity index (χ3v) is 2.47. The summed E-state index contributed by atoms with van der Waals surface area (Å²) in [6.07, 6.45) is 2.41. The molecule has 0 radical (unpaired) electrons. The first-order valence-electron chi connectivity index (χ1n) is 5.41. The lowest BCUT2D eigenvalue weighted by atomic mass is 10.2. The minimum Gasteiger partial charge on any atom is -0.485 e. The van der Waals surface area contributed by atoms with Gasteiger partial charge in [-0.05, 0) is 12.1 Å². The average molecular weight is 267 g/mol. The topological polar surface area (TPSA) is 70.1 Å². The number of hydrogen-bond acceptors (Lipinski definition) is 3. The molecule has 0 fully saturated rings. The number of carbonyl (C=O) groups excluding carboxylic acids is 1. The van der Waals surface area contributed by atoms with Gasteiger partial charge < -0.3 is 10.5 Å². The molecule has 100 valence electrons. The van der Waals surface area contributed by atoms with Crippen molar-refractivity contribution in [2.45, 2.75) is 13.2 Å². The highest BCUT2D eigenvalue weighted by molar-refractivity contribution is 5.95. The van der Waals surface area contributed by atoms with Gasteiger partial charge in [-0.3, -0.25) is 9.36 Å². The molecular weight excluding hydrogens is 256 g/mol. The van der Waals surface area contributed by atoms with Gasteiger partial charge in [-0.2, -0.15) is 8.78 Å². The summed E-state index contributed by atoms with van der Waals surface area (Å²) >= 11 is 0. The van der Waals surface area contributed by atoms with Crippen LogP contribution in [0.3, 0.4) is 0 Å². The minimum atomic E-state index is -2.69. The largest absolute Gasteiger partial charge is 0.485 e. The second-order valence-corrected chi connectivity index (χ2v) is 3.68. The molecule has 0 saturated heterocycles. The molecule has 0 unspecified atom stereocenters. The van der Waals surface area contributed by atoms with E-state index in [9.17, 15) is 13.6 Å². The molecule has 19 heavy (non-hydrogen) atoms. The van der Waals surface area contributed by atoms with Crippen LogP contribution in [0.25, 0.3) is 0 Å². The zero-order valence-corrected chi connectivity index (χ0v) is 9.79. The number of alkyl halides is 2. The maximum atomic E-state index is 12.6. The van der Waals surface area contributed by atoms with Crippen LogP contribution in [-0.4, -0.2) is 15.5 Å². The molecular formula is C12H11F2N3O2. The Kier molecular flexibility index (Phi) is 3.74. The number of nitrogens with zero attached hydrogens (tertiary/aromatic N) is 2. The number of rotatable bonds is 5. The second kappa shape index (κ2) is 5.47. The summed E-state index contributed by atoms with van der Waals surface area (Å²) in [5.74, 6) is -0.346. The highest BCUT2D eigenvalue weighted by Crippen LogP contribution is 2.19. The molecule has 1 amide bonds. The Morgan fingerprint density at radius 3 is 2.84 bits per heavy atom. The number of halogens is 2. The number of aromatic nitrogens is 2. The zero-order chi connectivity index (χ0) is 13.8. The van der Waals surface area contributed by atoms with Crippen molar-refractivity contribution in [1.82, 2.24) is 9.55 Å². The van der Waals surface area contributed by atoms with Gasteiger partial charge in [0.1, 0.15) is 12.4 Å². The van der Waals surface area contributed by atoms with Gasteiger partial charge in [0.2, 0.25) is 0 Å². The molecule has 1 heterocycles. The van der Waals surface area contributed by atoms with Gasteiger partial charge in [-0.15, -0.1) is 0 Å². The number of primary amides is 1. The fourth-order valence-corrected chi connectivity index (χ4v) is 1.57. The molecule has 2 N–H and O–H groups in total. The SMILES string of the molecule is NC(=O)c1ccccc1OCc1nccn1C(F)F. The Bertz CT molecular complexity index is 584. The van der Waals surface area contributed by atoms with E-state index in [0.29, 0.717) is 4.57 Å². The van der Waals surface area contributed by atoms with E-state index in [1.165, 1.54) is 18.3 Å². The van der Waals surface area contributed by atoms with E-state index in [-0.39, 0.29) is 23.7 Å². The van der Waals surface area contributed by atoms with E-state index in [2.05, 4.69) is 4.98 Å². The Balaban J connectivity index is 2.15. The van der Waals surface area contributed by atoms with Gasteiger partial charge in [-0.1, -0.05) is 12.1 Å². The summed E-state index contributed by atoms with van der Waals surface area (Å²) in [6, 6.07) is 6.32. The smallest absolute Gasteiger partial charge is 0.320 e. The normalized spacial score (nSPS) is 10.7. The van der Waals surface area contributed by atoms with Crippen molar-refractivity contribution in [1.29, 1.82) is 0 Å². The predicted molar refractivity (Wildman–Crippen MR) is 62.8 cm³/mol. The lowest BCUT2D eigenvalue weighted by molar-refractivity contribution is 0.0631. The van der Waals surface area contributed by atoms with E-state index < -0.39 is 12.5 Å². The Labute approximate surface area is 107 Å². The van der Waals surface area contributed by atoms with Crippen molar-refractivity contribution < 1.29 is 18.3 Å². The van der Waals surface area contributed by atoms with Gasteiger partial charge in [-0.25, -0.2) is 4.98 Å². The van der Waals surface area contributed by atoms with E-state index in [0.717, 1.165) is 6.20 Å². The van der Waals surface area contributed by atoms with Crippen molar-refractivity contribution in [2.24, 2.45) is 5.73 Å². The molecule has 0 bridgehead atoms. The number of para-hydroxylation sites is 1. The summed E-state index contributed by atoms with van der Waals surface area (Å²) in [5.41, 5.74) is 5.37. The van der Waals surface area contributed by atoms with Crippen LogP contribution >= 0.6 is 0 Å². The Morgan fingerprint density at radius 1 is 1.42 bits per heavy atom. The number of hydrogen-bond donors (Lipinski definition) is 1. The maximum Gasteiger partial charge on any atom is 0.320 e. The van der Waals surface area contributed by atoms with Crippen LogP contribution in [0, 0.1) is 0 Å². The van der Waals surface area contributed by atoms with Crippen molar-refractivity contribution in [2.75, 3.05) is 0 Å². The van der Waals surface area contributed by atoms with Crippen LogP contribution in [-0.2, 0) is 6.61 Å². The first-order valence-corrected chi connectivity index (χ1v) is 5.41. The molecule has 0 aliphatic rings. The summed E-state index contributed by atoms with van der Waals surface area (Å²) in [6.45, 7) is -2.87. The third-order valence-electron chi connectivity index (χ3n) is 2.47. The molecule has 1 aromatic heterocycles. The lowest BCUT2D eigenvalue weighted by Gasteiger charge is -2.10. The van der Waals surface area contributed by atoms with Gasteiger partial charge in [0.05, 0.1) is 5.56 Å². The second-order valence-electron chi connectivity index (χ2n) is 3.68. The number of nitrogens with two attached hydrogens (primary N) is 1. The van der Waals surface area contributed by atoms with Crippen LogP contribution in [0.2, 0.25) is 0 Å². The maximum absolute atomic E-state index is 12.6. The fraction of sp³-hybridized carbons (Fsp3) is 0.167. The van der Waals surface area contributed by atoms with Gasteiger partial charge in [0.25, 0.3) is 5.91 Å². The molecule has 5 nitrogen and oxygen atoms in total. The molecule has 0 saturated carbocycles.